The van der Waals surface area contributed by atoms with Gasteiger partial charge in [-0.05, 0) is 43.8 Å². The van der Waals surface area contributed by atoms with Crippen molar-refractivity contribution in [1.29, 1.82) is 0 Å². The van der Waals surface area contributed by atoms with Crippen LogP contribution in [0.15, 0.2) is 12.1 Å². The number of hydrogen-bond acceptors (Lipinski definition) is 6. The van der Waals surface area contributed by atoms with Crippen molar-refractivity contribution in [1.82, 2.24) is 10.2 Å². The number of fused-ring (bicyclic) bond motifs is 1. The standard InChI is InChI=1S/C17H23N3O5.ClH/c1-24-15-8-13(7-14(20(22)23)16(15)25-2)17(21)19-5-3-11-9-18-10-12(11)4-6-19;/h7-8,11-12,18H,3-6,9-10H2,1-2H3;1H/t11-,12+;. The summed E-state index contributed by atoms with van der Waals surface area (Å²) in [4.78, 5) is 25.5. The molecule has 0 unspecified atom stereocenters. The Morgan fingerprint density at radius 2 is 1.81 bits per heavy atom. The van der Waals surface area contributed by atoms with Crippen LogP contribution >= 0.6 is 12.4 Å². The normalized spacial score (nSPS) is 22.0. The molecule has 26 heavy (non-hydrogen) atoms. The van der Waals surface area contributed by atoms with Crippen molar-refractivity contribution in [3.8, 4) is 11.5 Å². The number of benzene rings is 1. The summed E-state index contributed by atoms with van der Waals surface area (Å²) in [6.45, 7) is 3.36. The Morgan fingerprint density at radius 1 is 1.19 bits per heavy atom. The molecule has 8 nitrogen and oxygen atoms in total. The quantitative estimate of drug-likeness (QED) is 0.630. The van der Waals surface area contributed by atoms with Crippen LogP contribution in [0, 0.1) is 22.0 Å². The summed E-state index contributed by atoms with van der Waals surface area (Å²) < 4.78 is 10.3. The Balaban J connectivity index is 0.00000243. The maximum Gasteiger partial charge on any atom is 0.315 e. The molecule has 2 heterocycles. The van der Waals surface area contributed by atoms with Crippen LogP contribution in [0.3, 0.4) is 0 Å². The summed E-state index contributed by atoms with van der Waals surface area (Å²) in [6.07, 6.45) is 1.91. The van der Waals surface area contributed by atoms with E-state index < -0.39 is 4.92 Å². The zero-order chi connectivity index (χ0) is 18.0. The number of hydrogen-bond donors (Lipinski definition) is 1. The van der Waals surface area contributed by atoms with Gasteiger partial charge >= 0.3 is 5.69 Å². The fourth-order valence-corrected chi connectivity index (χ4v) is 3.81. The number of nitro groups is 1. The third-order valence-corrected chi connectivity index (χ3v) is 5.21. The van der Waals surface area contributed by atoms with E-state index >= 15 is 0 Å². The maximum atomic E-state index is 12.9. The molecule has 1 aromatic rings. The van der Waals surface area contributed by atoms with Gasteiger partial charge in [0.25, 0.3) is 5.91 Å². The van der Waals surface area contributed by atoms with Crippen molar-refractivity contribution in [3.05, 3.63) is 27.8 Å². The first-order valence-electron chi connectivity index (χ1n) is 8.45. The number of methoxy groups -OCH3 is 2. The van der Waals surface area contributed by atoms with Gasteiger partial charge in [-0.15, -0.1) is 12.4 Å². The minimum absolute atomic E-state index is 0. The second-order valence-electron chi connectivity index (χ2n) is 6.54. The molecule has 0 bridgehead atoms. The number of rotatable bonds is 4. The van der Waals surface area contributed by atoms with Gasteiger partial charge in [0.15, 0.2) is 5.75 Å². The SMILES string of the molecule is COc1cc(C(=O)N2CC[C@@H]3CNC[C@@H]3CC2)cc([N+](=O)[O-])c1OC.Cl. The Morgan fingerprint density at radius 3 is 2.31 bits per heavy atom. The third-order valence-electron chi connectivity index (χ3n) is 5.21. The third kappa shape index (κ3) is 3.86. The lowest BCUT2D eigenvalue weighted by atomic mass is 9.92. The first kappa shape index (κ1) is 20.3. The number of amides is 1. The molecule has 1 N–H and O–H groups in total. The van der Waals surface area contributed by atoms with Gasteiger partial charge in [0.2, 0.25) is 5.75 Å². The molecule has 3 rings (SSSR count). The highest BCUT2D eigenvalue weighted by molar-refractivity contribution is 5.96. The van der Waals surface area contributed by atoms with E-state index in [4.69, 9.17) is 9.47 Å². The summed E-state index contributed by atoms with van der Waals surface area (Å²) in [5.41, 5.74) is -0.00405. The van der Waals surface area contributed by atoms with Crippen LogP contribution in [-0.4, -0.2) is 56.1 Å². The van der Waals surface area contributed by atoms with E-state index in [2.05, 4.69) is 5.32 Å². The Bertz CT molecular complexity index is 671. The lowest BCUT2D eigenvalue weighted by Gasteiger charge is -2.21. The molecular formula is C17H24ClN3O5. The predicted octanol–water partition coefficient (Wildman–Crippen LogP) is 2.11. The minimum atomic E-state index is -0.559. The highest BCUT2D eigenvalue weighted by atomic mass is 35.5. The summed E-state index contributed by atoms with van der Waals surface area (Å²) in [7, 11) is 2.74. The van der Waals surface area contributed by atoms with Gasteiger partial charge < -0.3 is 19.7 Å². The summed E-state index contributed by atoms with van der Waals surface area (Å²) in [6, 6.07) is 2.79. The van der Waals surface area contributed by atoms with Crippen molar-refractivity contribution in [3.63, 3.8) is 0 Å². The Kier molecular flexibility index (Phi) is 6.66. The topological polar surface area (TPSA) is 93.9 Å². The van der Waals surface area contributed by atoms with E-state index in [0.29, 0.717) is 24.9 Å². The van der Waals surface area contributed by atoms with Gasteiger partial charge in [-0.25, -0.2) is 0 Å². The van der Waals surface area contributed by atoms with E-state index in [0.717, 1.165) is 25.9 Å². The average Bonchev–Trinajstić information content (AvgIpc) is 2.98. The number of halogens is 1. The molecule has 144 valence electrons. The van der Waals surface area contributed by atoms with Crippen LogP contribution < -0.4 is 14.8 Å². The lowest BCUT2D eigenvalue weighted by molar-refractivity contribution is -0.385. The number of nitro benzene ring substituents is 1. The largest absolute Gasteiger partial charge is 0.493 e. The van der Waals surface area contributed by atoms with Crippen LogP contribution in [-0.2, 0) is 0 Å². The van der Waals surface area contributed by atoms with Gasteiger partial charge in [0, 0.05) is 19.2 Å². The number of nitrogens with one attached hydrogen (secondary N) is 1. The van der Waals surface area contributed by atoms with Crippen molar-refractivity contribution >= 4 is 24.0 Å². The van der Waals surface area contributed by atoms with E-state index in [1.54, 1.807) is 4.90 Å². The molecule has 0 radical (unpaired) electrons. The Hall–Kier alpha value is -2.06. The fourth-order valence-electron chi connectivity index (χ4n) is 3.81. The molecule has 0 saturated carbocycles. The van der Waals surface area contributed by atoms with Gasteiger partial charge in [0.1, 0.15) is 0 Å². The molecule has 1 amide bonds. The van der Waals surface area contributed by atoms with Crippen LogP contribution in [0.2, 0.25) is 0 Å². The molecule has 0 aromatic heterocycles. The van der Waals surface area contributed by atoms with Crippen molar-refractivity contribution in [2.75, 3.05) is 40.4 Å². The minimum Gasteiger partial charge on any atom is -0.493 e. The second-order valence-corrected chi connectivity index (χ2v) is 6.54. The summed E-state index contributed by atoms with van der Waals surface area (Å²) in [5, 5.41) is 14.7. The van der Waals surface area contributed by atoms with Gasteiger partial charge in [0.05, 0.1) is 24.7 Å². The van der Waals surface area contributed by atoms with Crippen molar-refractivity contribution < 1.29 is 19.2 Å². The fraction of sp³-hybridized carbons (Fsp3) is 0.588. The maximum absolute atomic E-state index is 12.9. The zero-order valence-corrected chi connectivity index (χ0v) is 15.7. The van der Waals surface area contributed by atoms with E-state index in [-0.39, 0.29) is 41.1 Å². The first-order valence-corrected chi connectivity index (χ1v) is 8.45. The summed E-state index contributed by atoms with van der Waals surface area (Å²) in [5.74, 6) is 1.24. The number of carbonyl (C=O) groups excluding carboxylic acids is 1. The molecule has 1 aromatic carbocycles. The monoisotopic (exact) mass is 385 g/mol. The average molecular weight is 386 g/mol. The highest BCUT2D eigenvalue weighted by Crippen LogP contribution is 2.38. The summed E-state index contributed by atoms with van der Waals surface area (Å²) >= 11 is 0. The lowest BCUT2D eigenvalue weighted by Crippen LogP contribution is -2.32. The van der Waals surface area contributed by atoms with Crippen LogP contribution in [0.1, 0.15) is 23.2 Å². The second kappa shape index (κ2) is 8.55. The van der Waals surface area contributed by atoms with E-state index in [1.165, 1.54) is 26.4 Å². The number of ether oxygens (including phenoxy) is 2. The van der Waals surface area contributed by atoms with Crippen molar-refractivity contribution in [2.45, 2.75) is 12.8 Å². The zero-order valence-electron chi connectivity index (χ0n) is 14.9. The molecule has 2 fully saturated rings. The van der Waals surface area contributed by atoms with Crippen LogP contribution in [0.5, 0.6) is 11.5 Å². The van der Waals surface area contributed by atoms with Gasteiger partial charge in [-0.2, -0.15) is 0 Å². The van der Waals surface area contributed by atoms with Gasteiger partial charge in [-0.3, -0.25) is 14.9 Å². The van der Waals surface area contributed by atoms with Crippen LogP contribution in [0.4, 0.5) is 5.69 Å². The smallest absolute Gasteiger partial charge is 0.315 e. The molecule has 0 spiro atoms. The van der Waals surface area contributed by atoms with E-state index in [1.807, 2.05) is 0 Å². The molecule has 9 heteroatoms. The molecule has 0 aliphatic carbocycles. The molecule has 2 saturated heterocycles. The van der Waals surface area contributed by atoms with Crippen LogP contribution in [0.25, 0.3) is 0 Å². The predicted molar refractivity (Wildman–Crippen MR) is 98.4 cm³/mol. The van der Waals surface area contributed by atoms with Gasteiger partial charge in [-0.1, -0.05) is 0 Å². The van der Waals surface area contributed by atoms with E-state index in [9.17, 15) is 14.9 Å². The number of carbonyl (C=O) groups is 1. The molecular weight excluding hydrogens is 362 g/mol. The highest BCUT2D eigenvalue weighted by Gasteiger charge is 2.32. The van der Waals surface area contributed by atoms with Crippen molar-refractivity contribution in [2.24, 2.45) is 11.8 Å². The molecule has 2 aliphatic heterocycles. The molecule has 2 atom stereocenters. The number of nitrogens with zero attached hydrogens (tertiary/aromatic N) is 2. The first-order chi connectivity index (χ1) is 12.0. The molecule has 2 aliphatic rings. The number of likely N-dealkylation sites (tertiary alicyclic amines) is 1. The Labute approximate surface area is 158 Å².